The van der Waals surface area contributed by atoms with Gasteiger partial charge < -0.3 is 5.32 Å². The van der Waals surface area contributed by atoms with E-state index in [1.165, 1.54) is 0 Å². The first-order chi connectivity index (χ1) is 4.17. The van der Waals surface area contributed by atoms with Crippen molar-refractivity contribution in [3.05, 3.63) is 11.9 Å². The Morgan fingerprint density at radius 1 is 1.78 bits per heavy atom. The van der Waals surface area contributed by atoms with E-state index >= 15 is 0 Å². The minimum Gasteiger partial charge on any atom is -0.341 e. The van der Waals surface area contributed by atoms with Gasteiger partial charge in [0.05, 0.1) is 6.21 Å². The summed E-state index contributed by atoms with van der Waals surface area (Å²) in [4.78, 5) is 0. The molecule has 0 saturated heterocycles. The molecule has 1 aliphatic rings. The van der Waals surface area contributed by atoms with Gasteiger partial charge >= 0.3 is 0 Å². The number of rotatable bonds is 1. The number of quaternary nitrogens is 1. The lowest BCUT2D eigenvalue weighted by atomic mass is 10.6. The average molecular weight is 127 g/mol. The van der Waals surface area contributed by atoms with Crippen LogP contribution < -0.4 is 11.2 Å². The standard InChI is InChI=1S/C5H11N4/c1-7-5-3-4-8-9(5,2)6/h3-4,7H,6H2,1-2H3/q+1. The SMILES string of the molecule is CNC1=CC=N[N+]1(C)N. The fourth-order valence-corrected chi connectivity index (χ4v) is 0.765. The first-order valence-electron chi connectivity index (χ1n) is 2.76. The zero-order valence-electron chi connectivity index (χ0n) is 5.63. The first-order valence-corrected chi connectivity index (χ1v) is 2.76. The molecule has 0 aromatic rings. The van der Waals surface area contributed by atoms with Crippen LogP contribution in [-0.2, 0) is 0 Å². The Kier molecular flexibility index (Phi) is 1.27. The highest BCUT2D eigenvalue weighted by Crippen LogP contribution is 2.08. The Balaban J connectivity index is 2.78. The third-order valence-corrected chi connectivity index (χ3v) is 1.28. The molecule has 9 heavy (non-hydrogen) atoms. The van der Waals surface area contributed by atoms with E-state index in [0.717, 1.165) is 5.82 Å². The van der Waals surface area contributed by atoms with Crippen LogP contribution in [0.3, 0.4) is 0 Å². The van der Waals surface area contributed by atoms with Crippen LogP contribution in [0.1, 0.15) is 0 Å². The fraction of sp³-hybridized carbons (Fsp3) is 0.400. The number of nitrogens with zero attached hydrogens (tertiary/aromatic N) is 2. The van der Waals surface area contributed by atoms with Crippen molar-refractivity contribution >= 4 is 6.21 Å². The van der Waals surface area contributed by atoms with E-state index in [9.17, 15) is 0 Å². The van der Waals surface area contributed by atoms with E-state index in [1.54, 1.807) is 13.3 Å². The zero-order valence-corrected chi connectivity index (χ0v) is 5.63. The van der Waals surface area contributed by atoms with E-state index in [2.05, 4.69) is 10.4 Å². The number of hydrogen-bond donors (Lipinski definition) is 2. The monoisotopic (exact) mass is 127 g/mol. The Hall–Kier alpha value is -0.870. The topological polar surface area (TPSA) is 50.4 Å². The maximum Gasteiger partial charge on any atom is 0.249 e. The molecule has 0 aliphatic carbocycles. The largest absolute Gasteiger partial charge is 0.341 e. The molecule has 0 radical (unpaired) electrons. The van der Waals surface area contributed by atoms with Crippen molar-refractivity contribution < 1.29 is 4.70 Å². The summed E-state index contributed by atoms with van der Waals surface area (Å²) >= 11 is 0. The van der Waals surface area contributed by atoms with Gasteiger partial charge in [-0.1, -0.05) is 9.80 Å². The predicted molar refractivity (Wildman–Crippen MR) is 36.0 cm³/mol. The molecule has 0 aromatic carbocycles. The number of nitrogens with two attached hydrogens (primary N) is 1. The second kappa shape index (κ2) is 1.82. The molecule has 1 aliphatic heterocycles. The predicted octanol–water partition coefficient (Wildman–Crippen LogP) is -0.633. The third-order valence-electron chi connectivity index (χ3n) is 1.28. The van der Waals surface area contributed by atoms with Crippen LogP contribution in [0, 0.1) is 0 Å². The Bertz CT molecular complexity index is 168. The summed E-state index contributed by atoms with van der Waals surface area (Å²) in [6, 6.07) is 0. The maximum atomic E-state index is 5.64. The summed E-state index contributed by atoms with van der Waals surface area (Å²) in [5.74, 6) is 6.54. The van der Waals surface area contributed by atoms with Gasteiger partial charge in [-0.25, -0.2) is 0 Å². The molecule has 0 bridgehead atoms. The van der Waals surface area contributed by atoms with E-state index in [1.807, 2.05) is 13.1 Å². The van der Waals surface area contributed by atoms with Gasteiger partial charge in [0.25, 0.3) is 0 Å². The summed E-state index contributed by atoms with van der Waals surface area (Å²) in [6.45, 7) is 0. The van der Waals surface area contributed by atoms with Gasteiger partial charge in [-0.15, -0.1) is 5.84 Å². The summed E-state index contributed by atoms with van der Waals surface area (Å²) in [5, 5.41) is 6.89. The van der Waals surface area contributed by atoms with Crippen molar-refractivity contribution in [2.24, 2.45) is 10.9 Å². The molecule has 1 atom stereocenters. The first kappa shape index (κ1) is 6.25. The average Bonchev–Trinajstić information content (AvgIpc) is 2.08. The minimum atomic E-state index is 0.0799. The van der Waals surface area contributed by atoms with Crippen molar-refractivity contribution in [3.63, 3.8) is 0 Å². The van der Waals surface area contributed by atoms with Crippen LogP contribution in [0.25, 0.3) is 0 Å². The molecule has 0 aromatic heterocycles. The Morgan fingerprint density at radius 3 is 2.67 bits per heavy atom. The van der Waals surface area contributed by atoms with Crippen molar-refractivity contribution in [2.45, 2.75) is 0 Å². The molecule has 0 spiro atoms. The van der Waals surface area contributed by atoms with Gasteiger partial charge in [0.15, 0.2) is 0 Å². The van der Waals surface area contributed by atoms with Crippen molar-refractivity contribution in [1.29, 1.82) is 0 Å². The van der Waals surface area contributed by atoms with Crippen molar-refractivity contribution in [2.75, 3.05) is 14.1 Å². The highest BCUT2D eigenvalue weighted by Gasteiger charge is 2.24. The number of hydrogen-bond acceptors (Lipinski definition) is 3. The van der Waals surface area contributed by atoms with Crippen LogP contribution in [0.4, 0.5) is 0 Å². The molecule has 0 amide bonds. The molecule has 1 unspecified atom stereocenters. The minimum absolute atomic E-state index is 0.0799. The lowest BCUT2D eigenvalue weighted by molar-refractivity contribution is -0.891. The second-order valence-electron chi connectivity index (χ2n) is 2.09. The van der Waals surface area contributed by atoms with Crippen molar-refractivity contribution in [3.8, 4) is 0 Å². The highest BCUT2D eigenvalue weighted by atomic mass is 15.8. The number of nitrogens with one attached hydrogen (secondary N) is 1. The molecule has 1 rings (SSSR count). The summed E-state index contributed by atoms with van der Waals surface area (Å²) in [5.41, 5.74) is 0. The van der Waals surface area contributed by atoms with Gasteiger partial charge in [-0.3, -0.25) is 0 Å². The third kappa shape index (κ3) is 0.940. The lowest BCUT2D eigenvalue weighted by Gasteiger charge is -2.17. The molecule has 0 saturated carbocycles. The normalized spacial score (nSPS) is 32.6. The quantitative estimate of drug-likeness (QED) is 0.364. The van der Waals surface area contributed by atoms with Gasteiger partial charge in [0.2, 0.25) is 5.82 Å². The van der Waals surface area contributed by atoms with E-state index in [0.29, 0.717) is 0 Å². The second-order valence-corrected chi connectivity index (χ2v) is 2.09. The van der Waals surface area contributed by atoms with Gasteiger partial charge in [0.1, 0.15) is 7.05 Å². The molecule has 1 heterocycles. The van der Waals surface area contributed by atoms with Gasteiger partial charge in [-0.05, 0) is 0 Å². The summed E-state index contributed by atoms with van der Waals surface area (Å²) in [7, 11) is 3.62. The summed E-state index contributed by atoms with van der Waals surface area (Å²) < 4.78 is 0.0799. The van der Waals surface area contributed by atoms with E-state index in [-0.39, 0.29) is 4.70 Å². The van der Waals surface area contributed by atoms with Gasteiger partial charge in [0, 0.05) is 13.1 Å². The van der Waals surface area contributed by atoms with Crippen LogP contribution in [0.15, 0.2) is 17.0 Å². The maximum absolute atomic E-state index is 5.64. The number of allylic oxidation sites excluding steroid dienone is 1. The molecule has 0 fully saturated rings. The molecule has 50 valence electrons. The molecule has 4 heteroatoms. The van der Waals surface area contributed by atoms with Crippen LogP contribution in [-0.4, -0.2) is 25.0 Å². The zero-order chi connectivity index (χ0) is 6.91. The van der Waals surface area contributed by atoms with Gasteiger partial charge in [-0.2, -0.15) is 0 Å². The van der Waals surface area contributed by atoms with Crippen LogP contribution in [0.5, 0.6) is 0 Å². The molecule has 4 nitrogen and oxygen atoms in total. The van der Waals surface area contributed by atoms with Crippen LogP contribution in [0.2, 0.25) is 0 Å². The van der Waals surface area contributed by atoms with Crippen LogP contribution >= 0.6 is 0 Å². The molecular weight excluding hydrogens is 116 g/mol. The molecular formula is C5H11N4+. The summed E-state index contributed by atoms with van der Waals surface area (Å²) in [6.07, 6.45) is 3.53. The van der Waals surface area contributed by atoms with E-state index < -0.39 is 0 Å². The smallest absolute Gasteiger partial charge is 0.249 e. The fourth-order valence-electron chi connectivity index (χ4n) is 0.765. The Labute approximate surface area is 54.2 Å². The highest BCUT2D eigenvalue weighted by molar-refractivity contribution is 5.72. The Morgan fingerprint density at radius 2 is 2.44 bits per heavy atom. The lowest BCUT2D eigenvalue weighted by Crippen LogP contribution is -2.46. The molecule has 3 N–H and O–H groups in total. The van der Waals surface area contributed by atoms with Crippen molar-refractivity contribution in [1.82, 2.24) is 5.32 Å². The van der Waals surface area contributed by atoms with E-state index in [4.69, 9.17) is 5.84 Å².